The molecule has 0 spiro atoms. The van der Waals surface area contributed by atoms with Gasteiger partial charge in [0.2, 0.25) is 5.91 Å². The summed E-state index contributed by atoms with van der Waals surface area (Å²) < 4.78 is 42.5. The molecule has 5 rings (SSSR count). The first-order valence-corrected chi connectivity index (χ1v) is 12.9. The van der Waals surface area contributed by atoms with Crippen molar-refractivity contribution in [1.82, 2.24) is 24.3 Å². The molecular weight excluding hydrogens is 517 g/mol. The van der Waals surface area contributed by atoms with Gasteiger partial charge in [0.15, 0.2) is 5.69 Å². The standard InChI is InChI=1S/C30H29F3N6O/c1-18(2)23-8-6-7-9-24(23)28-29-25(37(5)17-34-29)15-27(35-28)38(20(4)40)16-21-10-12-22(13-11-21)39-19(3)14-26(36-39)30(31,32)33/h6-15,17-18H,16H2,1-5H3. The lowest BCUT2D eigenvalue weighted by molar-refractivity contribution is -0.141. The zero-order valence-electron chi connectivity index (χ0n) is 22.9. The summed E-state index contributed by atoms with van der Waals surface area (Å²) in [5.74, 6) is 0.548. The van der Waals surface area contributed by atoms with Gasteiger partial charge in [-0.05, 0) is 42.2 Å². The molecule has 0 unspecified atom stereocenters. The van der Waals surface area contributed by atoms with Gasteiger partial charge in [-0.25, -0.2) is 14.6 Å². The third-order valence-electron chi connectivity index (χ3n) is 6.89. The van der Waals surface area contributed by atoms with Crippen LogP contribution in [-0.2, 0) is 24.6 Å². The van der Waals surface area contributed by atoms with Gasteiger partial charge in [0.1, 0.15) is 17.0 Å². The van der Waals surface area contributed by atoms with Crippen molar-refractivity contribution in [3.05, 3.63) is 89.5 Å². The summed E-state index contributed by atoms with van der Waals surface area (Å²) in [6, 6.07) is 17.9. The predicted octanol–water partition coefficient (Wildman–Crippen LogP) is 6.82. The Bertz CT molecular complexity index is 1700. The summed E-state index contributed by atoms with van der Waals surface area (Å²) in [4.78, 5) is 24.1. The monoisotopic (exact) mass is 546 g/mol. The smallest absolute Gasteiger partial charge is 0.334 e. The lowest BCUT2D eigenvalue weighted by Crippen LogP contribution is -2.29. The average molecular weight is 547 g/mol. The Morgan fingerprint density at radius 2 is 1.75 bits per heavy atom. The quantitative estimate of drug-likeness (QED) is 0.234. The molecule has 0 aliphatic heterocycles. The summed E-state index contributed by atoms with van der Waals surface area (Å²) >= 11 is 0. The summed E-state index contributed by atoms with van der Waals surface area (Å²) in [7, 11) is 1.90. The van der Waals surface area contributed by atoms with Crippen LogP contribution in [0.5, 0.6) is 0 Å². The fourth-order valence-electron chi connectivity index (χ4n) is 4.81. The van der Waals surface area contributed by atoms with Gasteiger partial charge in [0.05, 0.1) is 24.1 Å². The number of alkyl halides is 3. The second-order valence-corrected chi connectivity index (χ2v) is 10.1. The van der Waals surface area contributed by atoms with Crippen LogP contribution in [0.2, 0.25) is 0 Å². The van der Waals surface area contributed by atoms with Crippen LogP contribution in [0.4, 0.5) is 19.0 Å². The van der Waals surface area contributed by atoms with Crippen molar-refractivity contribution >= 4 is 22.8 Å². The Labute approximate surface area is 229 Å². The lowest BCUT2D eigenvalue weighted by atomic mass is 9.94. The van der Waals surface area contributed by atoms with E-state index in [9.17, 15) is 18.0 Å². The van der Waals surface area contributed by atoms with E-state index in [0.29, 0.717) is 22.9 Å². The van der Waals surface area contributed by atoms with E-state index in [-0.39, 0.29) is 18.4 Å². The number of nitrogens with zero attached hydrogens (tertiary/aromatic N) is 6. The van der Waals surface area contributed by atoms with Gasteiger partial charge < -0.3 is 4.57 Å². The number of fused-ring (bicyclic) bond motifs is 1. The van der Waals surface area contributed by atoms with Crippen molar-refractivity contribution in [3.63, 3.8) is 0 Å². The van der Waals surface area contributed by atoms with E-state index in [1.807, 2.05) is 35.9 Å². The molecule has 5 aromatic rings. The Morgan fingerprint density at radius 3 is 2.38 bits per heavy atom. The van der Waals surface area contributed by atoms with Crippen LogP contribution in [0.1, 0.15) is 49.2 Å². The minimum Gasteiger partial charge on any atom is -0.334 e. The molecule has 3 aromatic heterocycles. The number of amides is 1. The van der Waals surface area contributed by atoms with Crippen molar-refractivity contribution < 1.29 is 18.0 Å². The lowest BCUT2D eigenvalue weighted by Gasteiger charge is -2.22. The number of carbonyl (C=O) groups excluding carboxylic acids is 1. The molecule has 0 radical (unpaired) electrons. The van der Waals surface area contributed by atoms with Crippen LogP contribution >= 0.6 is 0 Å². The fraction of sp³-hybridized carbons (Fsp3) is 0.267. The number of pyridine rings is 1. The fourth-order valence-corrected chi connectivity index (χ4v) is 4.81. The third kappa shape index (κ3) is 5.09. The van der Waals surface area contributed by atoms with Crippen LogP contribution in [0.15, 0.2) is 67.0 Å². The zero-order chi connectivity index (χ0) is 28.8. The number of carbonyl (C=O) groups is 1. The number of benzene rings is 2. The molecule has 10 heteroatoms. The Kier molecular flexibility index (Phi) is 6.95. The van der Waals surface area contributed by atoms with Gasteiger partial charge in [-0.15, -0.1) is 0 Å². The van der Waals surface area contributed by atoms with Crippen LogP contribution in [-0.4, -0.2) is 30.2 Å². The number of halogens is 3. The molecule has 0 saturated carbocycles. The van der Waals surface area contributed by atoms with Gasteiger partial charge >= 0.3 is 6.18 Å². The van der Waals surface area contributed by atoms with E-state index in [1.54, 1.807) is 42.4 Å². The molecule has 1 amide bonds. The molecule has 0 bridgehead atoms. The van der Waals surface area contributed by atoms with Crippen molar-refractivity contribution in [2.24, 2.45) is 7.05 Å². The van der Waals surface area contributed by atoms with Crippen LogP contribution < -0.4 is 4.90 Å². The second kappa shape index (κ2) is 10.3. The van der Waals surface area contributed by atoms with E-state index < -0.39 is 11.9 Å². The first-order chi connectivity index (χ1) is 18.9. The van der Waals surface area contributed by atoms with Gasteiger partial charge in [0.25, 0.3) is 0 Å². The van der Waals surface area contributed by atoms with Crippen molar-refractivity contribution in [3.8, 4) is 16.9 Å². The molecule has 206 valence electrons. The van der Waals surface area contributed by atoms with Crippen LogP contribution in [0.3, 0.4) is 0 Å². The zero-order valence-corrected chi connectivity index (χ0v) is 22.9. The largest absolute Gasteiger partial charge is 0.435 e. The van der Waals surface area contributed by atoms with E-state index in [4.69, 9.17) is 4.98 Å². The maximum Gasteiger partial charge on any atom is 0.435 e. The molecule has 0 N–H and O–H groups in total. The summed E-state index contributed by atoms with van der Waals surface area (Å²) in [6.07, 6.45) is -2.79. The number of hydrogen-bond acceptors (Lipinski definition) is 4. The van der Waals surface area contributed by atoms with Gasteiger partial charge in [-0.1, -0.05) is 50.2 Å². The van der Waals surface area contributed by atoms with Crippen molar-refractivity contribution in [2.45, 2.75) is 46.3 Å². The minimum atomic E-state index is -4.52. The molecule has 3 heterocycles. The normalized spacial score (nSPS) is 11.9. The Hall–Kier alpha value is -4.47. The van der Waals surface area contributed by atoms with Gasteiger partial charge in [-0.2, -0.15) is 18.3 Å². The summed E-state index contributed by atoms with van der Waals surface area (Å²) in [5, 5.41) is 3.72. The number of rotatable bonds is 6. The second-order valence-electron chi connectivity index (χ2n) is 10.1. The van der Waals surface area contributed by atoms with Gasteiger partial charge in [-0.3, -0.25) is 9.69 Å². The van der Waals surface area contributed by atoms with E-state index in [1.165, 1.54) is 11.6 Å². The minimum absolute atomic E-state index is 0.195. The maximum absolute atomic E-state index is 13.1. The highest BCUT2D eigenvalue weighted by atomic mass is 19.4. The van der Waals surface area contributed by atoms with Crippen molar-refractivity contribution in [1.29, 1.82) is 0 Å². The molecule has 0 aliphatic rings. The topological polar surface area (TPSA) is 68.8 Å². The Morgan fingerprint density at radius 1 is 1.05 bits per heavy atom. The molecule has 0 saturated heterocycles. The van der Waals surface area contributed by atoms with Crippen LogP contribution in [0.25, 0.3) is 28.0 Å². The van der Waals surface area contributed by atoms with Gasteiger partial charge in [0, 0.05) is 31.3 Å². The molecule has 2 aromatic carbocycles. The molecule has 0 fully saturated rings. The highest BCUT2D eigenvalue weighted by Crippen LogP contribution is 2.35. The SMILES string of the molecule is CC(=O)N(Cc1ccc(-n2nc(C(F)(F)F)cc2C)cc1)c1cc2c(ncn2C)c(-c2ccccc2C(C)C)n1. The number of aromatic nitrogens is 5. The first kappa shape index (κ1) is 27.1. The number of aryl methyl sites for hydroxylation is 2. The molecule has 0 aliphatic carbocycles. The highest BCUT2D eigenvalue weighted by molar-refractivity contribution is 5.97. The Balaban J connectivity index is 1.53. The first-order valence-electron chi connectivity index (χ1n) is 12.9. The number of anilines is 1. The molecule has 40 heavy (non-hydrogen) atoms. The average Bonchev–Trinajstić information content (AvgIpc) is 3.49. The number of imidazole rings is 1. The van der Waals surface area contributed by atoms with E-state index in [0.717, 1.165) is 33.8 Å². The van der Waals surface area contributed by atoms with Crippen LogP contribution in [0, 0.1) is 6.92 Å². The molecular formula is C30H29F3N6O. The third-order valence-corrected chi connectivity index (χ3v) is 6.89. The highest BCUT2D eigenvalue weighted by Gasteiger charge is 2.34. The predicted molar refractivity (Wildman–Crippen MR) is 148 cm³/mol. The molecule has 7 nitrogen and oxygen atoms in total. The van der Waals surface area contributed by atoms with Crippen molar-refractivity contribution in [2.75, 3.05) is 4.90 Å². The molecule has 0 atom stereocenters. The summed E-state index contributed by atoms with van der Waals surface area (Å²) in [6.45, 7) is 7.53. The summed E-state index contributed by atoms with van der Waals surface area (Å²) in [5.41, 5.74) is 5.10. The number of hydrogen-bond donors (Lipinski definition) is 0. The van der Waals surface area contributed by atoms with E-state index >= 15 is 0 Å². The van der Waals surface area contributed by atoms with E-state index in [2.05, 4.69) is 30.0 Å². The maximum atomic E-state index is 13.1.